The summed E-state index contributed by atoms with van der Waals surface area (Å²) in [4.78, 5) is 0. The van der Waals surface area contributed by atoms with Crippen LogP contribution in [0.3, 0.4) is 0 Å². The quantitative estimate of drug-likeness (QED) is 0.754. The van der Waals surface area contributed by atoms with Crippen LogP contribution in [0.25, 0.3) is 5.57 Å². The molecule has 1 aliphatic carbocycles. The maximum atomic E-state index is 9.87. The van der Waals surface area contributed by atoms with Crippen LogP contribution in [0.1, 0.15) is 11.1 Å². The van der Waals surface area contributed by atoms with Crippen LogP contribution in [0.2, 0.25) is 0 Å². The lowest BCUT2D eigenvalue weighted by Crippen LogP contribution is -2.07. The van der Waals surface area contributed by atoms with Crippen molar-refractivity contribution in [3.05, 3.63) is 65.5 Å². The Morgan fingerprint density at radius 3 is 2.44 bits per heavy atom. The predicted molar refractivity (Wildman–Crippen MR) is 65.0 cm³/mol. The monoisotopic (exact) mass is 214 g/mol. The molecule has 2 N–H and O–H groups in total. The van der Waals surface area contributed by atoms with E-state index >= 15 is 0 Å². The molecule has 0 radical (unpaired) electrons. The molecule has 1 aromatic rings. The summed E-state index contributed by atoms with van der Waals surface area (Å²) in [6.07, 6.45) is 5.95. The third-order valence-corrected chi connectivity index (χ3v) is 2.59. The number of aliphatic hydroxyl groups excluding tert-OH is 2. The highest BCUT2D eigenvalue weighted by Crippen LogP contribution is 2.23. The highest BCUT2D eigenvalue weighted by molar-refractivity contribution is 5.77. The van der Waals surface area contributed by atoms with Crippen molar-refractivity contribution in [3.63, 3.8) is 0 Å². The van der Waals surface area contributed by atoms with E-state index in [0.717, 1.165) is 5.56 Å². The third-order valence-electron chi connectivity index (χ3n) is 2.59. The van der Waals surface area contributed by atoms with Crippen molar-refractivity contribution >= 4 is 5.57 Å². The zero-order valence-electron chi connectivity index (χ0n) is 9.09. The standard InChI is InChI=1S/C14H14O2/c1-10-6-8-11(9-7-10)12-4-2-3-5-13(15)14(12)16/h2-9,13,15-16H,1H3. The van der Waals surface area contributed by atoms with Crippen LogP contribution in [0.4, 0.5) is 0 Å². The van der Waals surface area contributed by atoms with E-state index in [2.05, 4.69) is 0 Å². The van der Waals surface area contributed by atoms with Gasteiger partial charge in [-0.1, -0.05) is 48.1 Å². The van der Waals surface area contributed by atoms with Gasteiger partial charge in [-0.05, 0) is 18.6 Å². The second-order valence-corrected chi connectivity index (χ2v) is 3.85. The average molecular weight is 214 g/mol. The van der Waals surface area contributed by atoms with Crippen molar-refractivity contribution < 1.29 is 10.2 Å². The first-order chi connectivity index (χ1) is 7.68. The van der Waals surface area contributed by atoms with E-state index in [9.17, 15) is 10.2 Å². The molecule has 0 saturated carbocycles. The van der Waals surface area contributed by atoms with Crippen molar-refractivity contribution in [1.29, 1.82) is 0 Å². The van der Waals surface area contributed by atoms with Crippen molar-refractivity contribution in [3.8, 4) is 0 Å². The second kappa shape index (κ2) is 4.37. The minimum Gasteiger partial charge on any atom is -0.509 e. The van der Waals surface area contributed by atoms with Gasteiger partial charge in [-0.3, -0.25) is 0 Å². The Morgan fingerprint density at radius 1 is 1.06 bits per heavy atom. The third kappa shape index (κ3) is 2.07. The summed E-state index contributed by atoms with van der Waals surface area (Å²) in [6, 6.07) is 7.83. The van der Waals surface area contributed by atoms with Crippen LogP contribution in [0, 0.1) is 6.92 Å². The van der Waals surface area contributed by atoms with Gasteiger partial charge in [0, 0.05) is 5.57 Å². The lowest BCUT2D eigenvalue weighted by Gasteiger charge is -2.09. The van der Waals surface area contributed by atoms with E-state index < -0.39 is 6.10 Å². The smallest absolute Gasteiger partial charge is 0.132 e. The van der Waals surface area contributed by atoms with Crippen LogP contribution < -0.4 is 0 Å². The summed E-state index contributed by atoms with van der Waals surface area (Å²) in [6.45, 7) is 2.01. The highest BCUT2D eigenvalue weighted by atomic mass is 16.3. The van der Waals surface area contributed by atoms with E-state index in [1.54, 1.807) is 18.2 Å². The topological polar surface area (TPSA) is 40.5 Å². The first-order valence-corrected chi connectivity index (χ1v) is 5.21. The molecule has 0 saturated heterocycles. The number of rotatable bonds is 1. The molecular formula is C14H14O2. The second-order valence-electron chi connectivity index (χ2n) is 3.85. The number of allylic oxidation sites excluding steroid dienone is 4. The molecular weight excluding hydrogens is 200 g/mol. The van der Waals surface area contributed by atoms with E-state index in [-0.39, 0.29) is 5.76 Å². The van der Waals surface area contributed by atoms with E-state index in [1.165, 1.54) is 5.56 Å². The molecule has 0 aromatic heterocycles. The fraction of sp³-hybridized carbons (Fsp3) is 0.143. The lowest BCUT2D eigenvalue weighted by atomic mass is 10.0. The van der Waals surface area contributed by atoms with Gasteiger partial charge in [0.1, 0.15) is 11.9 Å². The molecule has 1 atom stereocenters. The molecule has 2 heteroatoms. The number of hydrogen-bond acceptors (Lipinski definition) is 2. The average Bonchev–Trinajstić information content (AvgIpc) is 2.44. The van der Waals surface area contributed by atoms with Crippen molar-refractivity contribution in [2.24, 2.45) is 0 Å². The Bertz CT molecular complexity index is 464. The minimum absolute atomic E-state index is 0.00569. The first kappa shape index (κ1) is 10.7. The van der Waals surface area contributed by atoms with Gasteiger partial charge >= 0.3 is 0 Å². The van der Waals surface area contributed by atoms with Crippen LogP contribution >= 0.6 is 0 Å². The molecule has 2 rings (SSSR count). The van der Waals surface area contributed by atoms with Gasteiger partial charge in [-0.15, -0.1) is 0 Å². The SMILES string of the molecule is Cc1ccc(C2=C(O)C(O)C=CC=C2)cc1. The molecule has 1 aliphatic rings. The largest absolute Gasteiger partial charge is 0.509 e. The fourth-order valence-corrected chi connectivity index (χ4v) is 1.63. The van der Waals surface area contributed by atoms with Crippen LogP contribution in [0.5, 0.6) is 0 Å². The molecule has 16 heavy (non-hydrogen) atoms. The van der Waals surface area contributed by atoms with E-state index in [4.69, 9.17) is 0 Å². The Morgan fingerprint density at radius 2 is 1.75 bits per heavy atom. The van der Waals surface area contributed by atoms with Crippen LogP contribution in [-0.2, 0) is 0 Å². The Hall–Kier alpha value is -1.80. The highest BCUT2D eigenvalue weighted by Gasteiger charge is 2.13. The number of aryl methyl sites for hydroxylation is 1. The van der Waals surface area contributed by atoms with Gasteiger partial charge < -0.3 is 10.2 Å². The summed E-state index contributed by atoms with van der Waals surface area (Å²) in [7, 11) is 0. The van der Waals surface area contributed by atoms with Crippen molar-refractivity contribution in [2.75, 3.05) is 0 Å². The lowest BCUT2D eigenvalue weighted by molar-refractivity contribution is 0.195. The van der Waals surface area contributed by atoms with Gasteiger partial charge in [0.15, 0.2) is 0 Å². The Labute approximate surface area is 94.9 Å². The molecule has 1 unspecified atom stereocenters. The molecule has 82 valence electrons. The maximum absolute atomic E-state index is 9.87. The van der Waals surface area contributed by atoms with Crippen molar-refractivity contribution in [1.82, 2.24) is 0 Å². The van der Waals surface area contributed by atoms with Crippen LogP contribution in [0.15, 0.2) is 54.3 Å². The summed E-state index contributed by atoms with van der Waals surface area (Å²) < 4.78 is 0. The maximum Gasteiger partial charge on any atom is 0.132 e. The molecule has 1 aromatic carbocycles. The van der Waals surface area contributed by atoms with Gasteiger partial charge in [0.05, 0.1) is 0 Å². The number of aliphatic hydroxyl groups is 2. The van der Waals surface area contributed by atoms with Gasteiger partial charge in [0.2, 0.25) is 0 Å². The fourth-order valence-electron chi connectivity index (χ4n) is 1.63. The first-order valence-electron chi connectivity index (χ1n) is 5.21. The molecule has 0 amide bonds. The summed E-state index contributed by atoms with van der Waals surface area (Å²) in [5, 5.41) is 19.5. The molecule has 0 aliphatic heterocycles. The minimum atomic E-state index is -0.925. The van der Waals surface area contributed by atoms with E-state index in [0.29, 0.717) is 5.57 Å². The molecule has 2 nitrogen and oxygen atoms in total. The zero-order valence-corrected chi connectivity index (χ0v) is 9.09. The summed E-state index contributed by atoms with van der Waals surface area (Å²) in [5.74, 6) is -0.00569. The molecule has 0 spiro atoms. The molecule has 0 fully saturated rings. The zero-order chi connectivity index (χ0) is 11.5. The van der Waals surface area contributed by atoms with Crippen LogP contribution in [-0.4, -0.2) is 16.3 Å². The Kier molecular flexibility index (Phi) is 2.93. The molecule has 0 bridgehead atoms. The number of hydrogen-bond donors (Lipinski definition) is 2. The van der Waals surface area contributed by atoms with Gasteiger partial charge in [-0.2, -0.15) is 0 Å². The summed E-state index contributed by atoms with van der Waals surface area (Å²) in [5.41, 5.74) is 2.74. The summed E-state index contributed by atoms with van der Waals surface area (Å²) >= 11 is 0. The molecule has 0 heterocycles. The van der Waals surface area contributed by atoms with E-state index in [1.807, 2.05) is 37.3 Å². The normalized spacial score (nSPS) is 20.0. The van der Waals surface area contributed by atoms with Crippen molar-refractivity contribution in [2.45, 2.75) is 13.0 Å². The van der Waals surface area contributed by atoms with Gasteiger partial charge in [0.25, 0.3) is 0 Å². The Balaban J connectivity index is 2.46. The number of benzene rings is 1. The predicted octanol–water partition coefficient (Wildman–Crippen LogP) is 2.75. The van der Waals surface area contributed by atoms with Gasteiger partial charge in [-0.25, -0.2) is 0 Å².